The van der Waals surface area contributed by atoms with Crippen LogP contribution in [0.1, 0.15) is 24.8 Å². The Kier molecular flexibility index (Phi) is 3.42. The molecule has 0 radical (unpaired) electrons. The van der Waals surface area contributed by atoms with E-state index >= 15 is 0 Å². The summed E-state index contributed by atoms with van der Waals surface area (Å²) < 4.78 is 5.25. The van der Waals surface area contributed by atoms with E-state index in [1.54, 1.807) is 7.11 Å². The van der Waals surface area contributed by atoms with Crippen molar-refractivity contribution in [2.24, 2.45) is 10.7 Å². The lowest BCUT2D eigenvalue weighted by atomic mass is 9.88. The molecule has 0 spiro atoms. The molecule has 3 rings (SSSR count). The molecule has 4 nitrogen and oxygen atoms in total. The fraction of sp³-hybridized carbons (Fsp3) is 0.533. The molecular weight excluding hydrogens is 238 g/mol. The van der Waals surface area contributed by atoms with E-state index < -0.39 is 0 Å². The average molecular weight is 259 g/mol. The van der Waals surface area contributed by atoms with Crippen molar-refractivity contribution in [3.05, 3.63) is 29.8 Å². The molecular formula is C15H21N3O. The number of benzene rings is 1. The Morgan fingerprint density at radius 1 is 1.42 bits per heavy atom. The fourth-order valence-electron chi connectivity index (χ4n) is 3.02. The van der Waals surface area contributed by atoms with Gasteiger partial charge in [0, 0.05) is 12.5 Å². The number of aliphatic imine (C=N–C) groups is 1. The van der Waals surface area contributed by atoms with Gasteiger partial charge in [-0.05, 0) is 37.0 Å². The lowest BCUT2D eigenvalue weighted by molar-refractivity contribution is 0.347. The average Bonchev–Trinajstić information content (AvgIpc) is 2.80. The molecule has 0 saturated heterocycles. The minimum absolute atomic E-state index is 0.333. The van der Waals surface area contributed by atoms with Gasteiger partial charge < -0.3 is 15.8 Å². The van der Waals surface area contributed by atoms with E-state index in [2.05, 4.69) is 17.4 Å². The first-order valence-corrected chi connectivity index (χ1v) is 6.96. The molecule has 0 aromatic heterocycles. The molecule has 3 N–H and O–H groups in total. The van der Waals surface area contributed by atoms with Crippen LogP contribution < -0.4 is 15.8 Å². The molecule has 1 aliphatic heterocycles. The van der Waals surface area contributed by atoms with E-state index in [0.717, 1.165) is 37.3 Å². The summed E-state index contributed by atoms with van der Waals surface area (Å²) >= 11 is 0. The van der Waals surface area contributed by atoms with Crippen LogP contribution in [0.15, 0.2) is 29.3 Å². The van der Waals surface area contributed by atoms with Crippen LogP contribution >= 0.6 is 0 Å². The summed E-state index contributed by atoms with van der Waals surface area (Å²) in [6.07, 6.45) is 4.09. The molecule has 4 heteroatoms. The van der Waals surface area contributed by atoms with Crippen LogP contribution in [-0.2, 0) is 6.42 Å². The first-order chi connectivity index (χ1) is 9.24. The molecule has 1 aliphatic carbocycles. The standard InChI is InChI=1S/C15H21N3O/c1-19-12-4-2-3-10(7-12)8-15-17-13-6-5-11(16)9-14(13)18-15/h2-4,7,11,13-14H,5-6,8-9,16H2,1H3,(H,17,18). The van der Waals surface area contributed by atoms with Crippen molar-refractivity contribution in [2.45, 2.75) is 43.8 Å². The molecule has 1 saturated carbocycles. The summed E-state index contributed by atoms with van der Waals surface area (Å²) in [6, 6.07) is 9.38. The van der Waals surface area contributed by atoms with Crippen LogP contribution in [0.25, 0.3) is 0 Å². The van der Waals surface area contributed by atoms with Crippen molar-refractivity contribution in [3.8, 4) is 5.75 Å². The third kappa shape index (κ3) is 2.73. The zero-order valence-corrected chi connectivity index (χ0v) is 11.3. The zero-order chi connectivity index (χ0) is 13.2. The van der Waals surface area contributed by atoms with E-state index in [4.69, 9.17) is 15.5 Å². The van der Waals surface area contributed by atoms with Crippen molar-refractivity contribution in [2.75, 3.05) is 7.11 Å². The first-order valence-electron chi connectivity index (χ1n) is 6.96. The number of hydrogen-bond acceptors (Lipinski definition) is 4. The van der Waals surface area contributed by atoms with Crippen LogP contribution in [0.3, 0.4) is 0 Å². The number of amidine groups is 1. The van der Waals surface area contributed by atoms with Gasteiger partial charge in [-0.2, -0.15) is 0 Å². The van der Waals surface area contributed by atoms with Crippen LogP contribution in [0.5, 0.6) is 5.75 Å². The highest BCUT2D eigenvalue weighted by Gasteiger charge is 2.33. The highest BCUT2D eigenvalue weighted by atomic mass is 16.5. The predicted molar refractivity (Wildman–Crippen MR) is 76.7 cm³/mol. The summed E-state index contributed by atoms with van der Waals surface area (Å²) in [5, 5.41) is 3.54. The maximum atomic E-state index is 6.02. The molecule has 0 amide bonds. The Bertz CT molecular complexity index is 486. The predicted octanol–water partition coefficient (Wildman–Crippen LogP) is 1.49. The summed E-state index contributed by atoms with van der Waals surface area (Å²) in [5.74, 6) is 1.99. The van der Waals surface area contributed by atoms with E-state index in [1.165, 1.54) is 5.56 Å². The molecule has 0 bridgehead atoms. The van der Waals surface area contributed by atoms with Gasteiger partial charge in [-0.15, -0.1) is 0 Å². The second-order valence-electron chi connectivity index (χ2n) is 5.50. The Hall–Kier alpha value is -1.55. The summed E-state index contributed by atoms with van der Waals surface area (Å²) in [6.45, 7) is 0. The molecule has 1 aromatic carbocycles. The summed E-state index contributed by atoms with van der Waals surface area (Å²) in [7, 11) is 1.69. The molecule has 1 fully saturated rings. The van der Waals surface area contributed by atoms with Crippen LogP contribution in [0.4, 0.5) is 0 Å². The quantitative estimate of drug-likeness (QED) is 0.864. The van der Waals surface area contributed by atoms with Gasteiger partial charge in [0.05, 0.1) is 19.2 Å². The van der Waals surface area contributed by atoms with Crippen molar-refractivity contribution in [1.29, 1.82) is 0 Å². The van der Waals surface area contributed by atoms with Crippen molar-refractivity contribution < 1.29 is 4.74 Å². The number of rotatable bonds is 3. The Morgan fingerprint density at radius 3 is 3.16 bits per heavy atom. The number of nitrogens with one attached hydrogen (secondary N) is 1. The van der Waals surface area contributed by atoms with Gasteiger partial charge in [0.15, 0.2) is 0 Å². The van der Waals surface area contributed by atoms with Gasteiger partial charge >= 0.3 is 0 Å². The van der Waals surface area contributed by atoms with E-state index in [9.17, 15) is 0 Å². The summed E-state index contributed by atoms with van der Waals surface area (Å²) in [4.78, 5) is 4.80. The monoisotopic (exact) mass is 259 g/mol. The maximum absolute atomic E-state index is 6.02. The second-order valence-corrected chi connectivity index (χ2v) is 5.50. The van der Waals surface area contributed by atoms with Gasteiger partial charge in [-0.25, -0.2) is 0 Å². The molecule has 1 heterocycles. The van der Waals surface area contributed by atoms with Crippen LogP contribution in [0, 0.1) is 0 Å². The van der Waals surface area contributed by atoms with Crippen molar-refractivity contribution in [3.63, 3.8) is 0 Å². The topological polar surface area (TPSA) is 59.6 Å². The highest BCUT2D eigenvalue weighted by molar-refractivity contribution is 5.86. The van der Waals surface area contributed by atoms with E-state index in [-0.39, 0.29) is 0 Å². The van der Waals surface area contributed by atoms with Crippen LogP contribution in [0.2, 0.25) is 0 Å². The lowest BCUT2D eigenvalue weighted by Gasteiger charge is -2.28. The highest BCUT2D eigenvalue weighted by Crippen LogP contribution is 2.25. The Balaban J connectivity index is 1.67. The molecule has 3 atom stereocenters. The molecule has 2 aliphatic rings. The Labute approximate surface area is 114 Å². The van der Waals surface area contributed by atoms with Gasteiger partial charge in [-0.3, -0.25) is 4.99 Å². The minimum Gasteiger partial charge on any atom is -0.497 e. The van der Waals surface area contributed by atoms with Gasteiger partial charge in [-0.1, -0.05) is 12.1 Å². The molecule has 102 valence electrons. The second kappa shape index (κ2) is 5.21. The largest absolute Gasteiger partial charge is 0.497 e. The maximum Gasteiger partial charge on any atom is 0.119 e. The summed E-state index contributed by atoms with van der Waals surface area (Å²) in [5.41, 5.74) is 7.25. The van der Waals surface area contributed by atoms with Crippen molar-refractivity contribution >= 4 is 5.84 Å². The van der Waals surface area contributed by atoms with E-state index in [0.29, 0.717) is 18.1 Å². The van der Waals surface area contributed by atoms with Gasteiger partial charge in [0.2, 0.25) is 0 Å². The third-order valence-corrected chi connectivity index (χ3v) is 4.03. The third-order valence-electron chi connectivity index (χ3n) is 4.03. The van der Waals surface area contributed by atoms with Gasteiger partial charge in [0.1, 0.15) is 11.6 Å². The smallest absolute Gasteiger partial charge is 0.119 e. The molecule has 1 aromatic rings. The number of fused-ring (bicyclic) bond motifs is 1. The normalized spacial score (nSPS) is 29.4. The number of nitrogens with two attached hydrogens (primary N) is 1. The van der Waals surface area contributed by atoms with Gasteiger partial charge in [0.25, 0.3) is 0 Å². The number of nitrogens with zero attached hydrogens (tertiary/aromatic N) is 1. The zero-order valence-electron chi connectivity index (χ0n) is 11.3. The number of hydrogen-bond donors (Lipinski definition) is 2. The number of methoxy groups -OCH3 is 1. The minimum atomic E-state index is 0.333. The van der Waals surface area contributed by atoms with E-state index in [1.807, 2.05) is 12.1 Å². The Morgan fingerprint density at radius 2 is 2.32 bits per heavy atom. The molecule has 19 heavy (non-hydrogen) atoms. The first kappa shape index (κ1) is 12.5. The number of ether oxygens (including phenoxy) is 1. The fourth-order valence-corrected chi connectivity index (χ4v) is 3.02. The molecule has 3 unspecified atom stereocenters. The lowest BCUT2D eigenvalue weighted by Crippen LogP contribution is -2.44. The SMILES string of the molecule is COc1cccc(CC2=NC3CCC(N)CC3N2)c1. The van der Waals surface area contributed by atoms with Crippen LogP contribution in [-0.4, -0.2) is 31.1 Å². The van der Waals surface area contributed by atoms with Crippen molar-refractivity contribution in [1.82, 2.24) is 5.32 Å².